The van der Waals surface area contributed by atoms with Gasteiger partial charge >= 0.3 is 0 Å². The molecule has 0 atom stereocenters. The van der Waals surface area contributed by atoms with Crippen LogP contribution in [-0.2, 0) is 4.74 Å². The minimum Gasteiger partial charge on any atom is -0.495 e. The molecule has 1 aliphatic heterocycles. The average Bonchev–Trinajstić information content (AvgIpc) is 2.97. The van der Waals surface area contributed by atoms with E-state index in [1.807, 2.05) is 22.9 Å². The molecular weight excluding hydrogens is 258 g/mol. The van der Waals surface area contributed by atoms with Gasteiger partial charge in [-0.05, 0) is 41.5 Å². The second-order valence-electron chi connectivity index (χ2n) is 4.75. The first-order valence-electron chi connectivity index (χ1n) is 6.59. The van der Waals surface area contributed by atoms with E-state index in [1.54, 1.807) is 7.11 Å². The van der Waals surface area contributed by atoms with Crippen LogP contribution in [0.4, 0.5) is 5.69 Å². The number of nitrogens with zero attached hydrogens (tertiary/aromatic N) is 4. The number of aromatic nitrogens is 4. The van der Waals surface area contributed by atoms with E-state index < -0.39 is 0 Å². The fourth-order valence-electron chi connectivity index (χ4n) is 2.43. The molecule has 3 rings (SSSR count). The van der Waals surface area contributed by atoms with Gasteiger partial charge in [-0.15, -0.1) is 5.10 Å². The van der Waals surface area contributed by atoms with Crippen molar-refractivity contribution in [3.05, 3.63) is 18.2 Å². The molecule has 2 heterocycles. The van der Waals surface area contributed by atoms with Crippen LogP contribution in [0.2, 0.25) is 0 Å². The van der Waals surface area contributed by atoms with Gasteiger partial charge in [-0.3, -0.25) is 0 Å². The highest BCUT2D eigenvalue weighted by atomic mass is 16.5. The van der Waals surface area contributed by atoms with Crippen LogP contribution in [0.25, 0.3) is 11.4 Å². The lowest BCUT2D eigenvalue weighted by Gasteiger charge is -2.22. The first-order chi connectivity index (χ1) is 9.79. The number of nitrogen functional groups attached to an aromatic ring is 1. The van der Waals surface area contributed by atoms with E-state index in [9.17, 15) is 0 Å². The van der Waals surface area contributed by atoms with Crippen molar-refractivity contribution in [1.29, 1.82) is 0 Å². The summed E-state index contributed by atoms with van der Waals surface area (Å²) in [7, 11) is 1.59. The van der Waals surface area contributed by atoms with Gasteiger partial charge in [-0.2, -0.15) is 0 Å². The maximum atomic E-state index is 5.94. The molecule has 7 nitrogen and oxygen atoms in total. The lowest BCUT2D eigenvalue weighted by atomic mass is 10.1. The van der Waals surface area contributed by atoms with Crippen LogP contribution in [0.1, 0.15) is 18.9 Å². The molecule has 0 spiro atoms. The normalized spacial score (nSPS) is 16.2. The number of hydrogen-bond acceptors (Lipinski definition) is 6. The average molecular weight is 275 g/mol. The van der Waals surface area contributed by atoms with E-state index in [2.05, 4.69) is 15.5 Å². The zero-order valence-corrected chi connectivity index (χ0v) is 11.3. The largest absolute Gasteiger partial charge is 0.495 e. The van der Waals surface area contributed by atoms with Gasteiger partial charge in [-0.1, -0.05) is 0 Å². The van der Waals surface area contributed by atoms with Crippen molar-refractivity contribution >= 4 is 5.69 Å². The maximum absolute atomic E-state index is 5.94. The molecule has 2 N–H and O–H groups in total. The number of ether oxygens (including phenoxy) is 2. The monoisotopic (exact) mass is 275 g/mol. The summed E-state index contributed by atoms with van der Waals surface area (Å²) in [6.07, 6.45) is 1.84. The molecule has 7 heteroatoms. The van der Waals surface area contributed by atoms with Gasteiger partial charge in [0, 0.05) is 18.8 Å². The second kappa shape index (κ2) is 5.46. The first-order valence-corrected chi connectivity index (χ1v) is 6.59. The number of nitrogens with two attached hydrogens (primary N) is 1. The molecule has 1 aromatic carbocycles. The smallest absolute Gasteiger partial charge is 0.182 e. The molecule has 0 aliphatic carbocycles. The minimum atomic E-state index is 0.275. The highest BCUT2D eigenvalue weighted by Crippen LogP contribution is 2.29. The predicted octanol–water partition coefficient (Wildman–Crippen LogP) is 1.28. The van der Waals surface area contributed by atoms with Crippen LogP contribution in [0.5, 0.6) is 5.75 Å². The minimum absolute atomic E-state index is 0.275. The topological polar surface area (TPSA) is 88.1 Å². The molecule has 0 amide bonds. The van der Waals surface area contributed by atoms with Gasteiger partial charge in [0.25, 0.3) is 0 Å². The van der Waals surface area contributed by atoms with Crippen molar-refractivity contribution < 1.29 is 9.47 Å². The number of anilines is 1. The molecule has 20 heavy (non-hydrogen) atoms. The van der Waals surface area contributed by atoms with Crippen molar-refractivity contribution in [1.82, 2.24) is 20.2 Å². The highest BCUT2D eigenvalue weighted by Gasteiger charge is 2.21. The van der Waals surface area contributed by atoms with Crippen molar-refractivity contribution in [2.24, 2.45) is 0 Å². The van der Waals surface area contributed by atoms with Gasteiger partial charge in [0.2, 0.25) is 0 Å². The van der Waals surface area contributed by atoms with E-state index in [1.165, 1.54) is 0 Å². The third kappa shape index (κ3) is 2.32. The molecular formula is C13H17N5O2. The first kappa shape index (κ1) is 12.9. The van der Waals surface area contributed by atoms with Gasteiger partial charge in [0.1, 0.15) is 5.75 Å². The Morgan fingerprint density at radius 1 is 1.35 bits per heavy atom. The lowest BCUT2D eigenvalue weighted by Crippen LogP contribution is -2.21. The van der Waals surface area contributed by atoms with E-state index in [0.717, 1.165) is 37.4 Å². The summed E-state index contributed by atoms with van der Waals surface area (Å²) in [5.41, 5.74) is 7.41. The molecule has 0 saturated carbocycles. The third-order valence-corrected chi connectivity index (χ3v) is 3.52. The van der Waals surface area contributed by atoms with E-state index >= 15 is 0 Å². The van der Waals surface area contributed by atoms with Gasteiger partial charge in [0.05, 0.1) is 18.8 Å². The Hall–Kier alpha value is -2.15. The Bertz CT molecular complexity index is 592. The summed E-state index contributed by atoms with van der Waals surface area (Å²) in [5.74, 6) is 1.38. The molecule has 1 fully saturated rings. The summed E-state index contributed by atoms with van der Waals surface area (Å²) < 4.78 is 12.4. The Morgan fingerprint density at radius 2 is 2.15 bits per heavy atom. The summed E-state index contributed by atoms with van der Waals surface area (Å²) in [6.45, 7) is 1.49. The van der Waals surface area contributed by atoms with E-state index in [4.69, 9.17) is 15.2 Å². The van der Waals surface area contributed by atoms with Crippen LogP contribution in [0.3, 0.4) is 0 Å². The fourth-order valence-corrected chi connectivity index (χ4v) is 2.43. The van der Waals surface area contributed by atoms with Crippen LogP contribution in [-0.4, -0.2) is 40.5 Å². The Kier molecular flexibility index (Phi) is 3.51. The summed E-state index contributed by atoms with van der Waals surface area (Å²) in [6, 6.07) is 5.85. The Labute approximate surface area is 116 Å². The third-order valence-electron chi connectivity index (χ3n) is 3.52. The van der Waals surface area contributed by atoms with Crippen LogP contribution in [0.15, 0.2) is 18.2 Å². The van der Waals surface area contributed by atoms with Crippen molar-refractivity contribution in [3.8, 4) is 17.1 Å². The van der Waals surface area contributed by atoms with Gasteiger partial charge in [-0.25, -0.2) is 4.68 Å². The molecule has 0 radical (unpaired) electrons. The Balaban J connectivity index is 1.94. The van der Waals surface area contributed by atoms with Gasteiger partial charge < -0.3 is 15.2 Å². The molecule has 106 valence electrons. The summed E-state index contributed by atoms with van der Waals surface area (Å²) in [4.78, 5) is 0. The molecule has 0 bridgehead atoms. The molecule has 1 aromatic heterocycles. The number of benzene rings is 1. The molecule has 1 aliphatic rings. The van der Waals surface area contributed by atoms with Gasteiger partial charge in [0.15, 0.2) is 5.82 Å². The van der Waals surface area contributed by atoms with E-state index in [-0.39, 0.29) is 6.04 Å². The number of tetrazole rings is 1. The Morgan fingerprint density at radius 3 is 2.85 bits per heavy atom. The predicted molar refractivity (Wildman–Crippen MR) is 73.3 cm³/mol. The van der Waals surface area contributed by atoms with Crippen LogP contribution < -0.4 is 10.5 Å². The zero-order chi connectivity index (χ0) is 13.9. The van der Waals surface area contributed by atoms with Crippen molar-refractivity contribution in [3.63, 3.8) is 0 Å². The second-order valence-corrected chi connectivity index (χ2v) is 4.75. The number of rotatable bonds is 3. The van der Waals surface area contributed by atoms with E-state index in [0.29, 0.717) is 11.4 Å². The standard InChI is InChI=1S/C13H17N5O2/c1-19-12-3-2-9(8-11(12)14)13-15-16-17-18(13)10-4-6-20-7-5-10/h2-3,8,10H,4-7,14H2,1H3. The SMILES string of the molecule is COc1ccc(-c2nnnn2C2CCOCC2)cc1N. The number of methoxy groups -OCH3 is 1. The quantitative estimate of drug-likeness (QED) is 0.849. The maximum Gasteiger partial charge on any atom is 0.182 e. The summed E-state index contributed by atoms with van der Waals surface area (Å²) in [5, 5.41) is 12.0. The highest BCUT2D eigenvalue weighted by molar-refractivity contribution is 5.66. The zero-order valence-electron chi connectivity index (χ0n) is 11.3. The molecule has 1 saturated heterocycles. The summed E-state index contributed by atoms with van der Waals surface area (Å²) >= 11 is 0. The number of hydrogen-bond donors (Lipinski definition) is 1. The molecule has 2 aromatic rings. The van der Waals surface area contributed by atoms with Crippen molar-refractivity contribution in [2.75, 3.05) is 26.1 Å². The molecule has 0 unspecified atom stereocenters. The van der Waals surface area contributed by atoms with Crippen molar-refractivity contribution in [2.45, 2.75) is 18.9 Å². The van der Waals surface area contributed by atoms with Crippen LogP contribution >= 0.6 is 0 Å². The fraction of sp³-hybridized carbons (Fsp3) is 0.462. The lowest BCUT2D eigenvalue weighted by molar-refractivity contribution is 0.0662. The van der Waals surface area contributed by atoms with Crippen LogP contribution in [0, 0.1) is 0 Å².